The Morgan fingerprint density at radius 2 is 1.90 bits per heavy atom. The number of carbonyl (C=O) groups is 1. The first-order valence-electron chi connectivity index (χ1n) is 9.55. The van der Waals surface area contributed by atoms with E-state index < -0.39 is 0 Å². The average Bonchev–Trinajstić information content (AvgIpc) is 3.01. The molecule has 2 aromatic carbocycles. The van der Waals surface area contributed by atoms with Crippen LogP contribution >= 0.6 is 11.8 Å². The van der Waals surface area contributed by atoms with Gasteiger partial charge in [-0.15, -0.1) is 10.2 Å². The third-order valence-corrected chi connectivity index (χ3v) is 5.40. The van der Waals surface area contributed by atoms with E-state index in [-0.39, 0.29) is 11.7 Å². The van der Waals surface area contributed by atoms with Crippen molar-refractivity contribution in [3.63, 3.8) is 0 Å². The lowest BCUT2D eigenvalue weighted by atomic mass is 10.2. The predicted molar refractivity (Wildman–Crippen MR) is 113 cm³/mol. The fourth-order valence-corrected chi connectivity index (χ4v) is 3.85. The second-order valence-electron chi connectivity index (χ2n) is 6.47. The van der Waals surface area contributed by atoms with Crippen LogP contribution in [0.5, 0.6) is 11.5 Å². The van der Waals surface area contributed by atoms with Gasteiger partial charge >= 0.3 is 0 Å². The number of fused-ring (bicyclic) bond motifs is 1. The molecule has 0 saturated carbocycles. The van der Waals surface area contributed by atoms with E-state index in [0.717, 1.165) is 35.0 Å². The quantitative estimate of drug-likeness (QED) is 0.622. The van der Waals surface area contributed by atoms with Crippen molar-refractivity contribution in [1.29, 1.82) is 0 Å². The van der Waals surface area contributed by atoms with E-state index in [1.54, 1.807) is 0 Å². The molecule has 1 aliphatic heterocycles. The zero-order chi connectivity index (χ0) is 20.1. The van der Waals surface area contributed by atoms with Crippen LogP contribution in [0.2, 0.25) is 0 Å². The minimum absolute atomic E-state index is 0.0796. The molecule has 1 amide bonds. The Balaban J connectivity index is 1.48. The lowest BCUT2D eigenvalue weighted by Gasteiger charge is -2.11. The molecule has 4 rings (SSSR count). The van der Waals surface area contributed by atoms with E-state index in [1.165, 1.54) is 11.8 Å². The van der Waals surface area contributed by atoms with Gasteiger partial charge in [-0.25, -0.2) is 0 Å². The highest BCUT2D eigenvalue weighted by atomic mass is 32.2. The van der Waals surface area contributed by atoms with Crippen LogP contribution in [0.3, 0.4) is 0 Å². The first-order chi connectivity index (χ1) is 14.2. The molecular weight excluding hydrogens is 388 g/mol. The minimum atomic E-state index is -0.0796. The lowest BCUT2D eigenvalue weighted by molar-refractivity contribution is -0.113. The zero-order valence-electron chi connectivity index (χ0n) is 16.1. The number of rotatable bonds is 6. The second kappa shape index (κ2) is 9.00. The highest BCUT2D eigenvalue weighted by Crippen LogP contribution is 2.34. The zero-order valence-corrected chi connectivity index (χ0v) is 16.9. The summed E-state index contributed by atoms with van der Waals surface area (Å²) in [5.74, 6) is 2.40. The van der Waals surface area contributed by atoms with Gasteiger partial charge in [0.2, 0.25) is 5.91 Å². The van der Waals surface area contributed by atoms with Gasteiger partial charge in [0.1, 0.15) is 0 Å². The molecule has 8 heteroatoms. The molecule has 150 valence electrons. The first kappa shape index (κ1) is 19.3. The number of nitrogens with zero attached hydrogens (tertiary/aromatic N) is 3. The summed E-state index contributed by atoms with van der Waals surface area (Å²) in [6.45, 7) is 4.02. The molecule has 0 saturated heterocycles. The smallest absolute Gasteiger partial charge is 0.234 e. The van der Waals surface area contributed by atoms with Crippen molar-refractivity contribution in [2.45, 2.75) is 25.0 Å². The Morgan fingerprint density at radius 1 is 1.10 bits per heavy atom. The summed E-state index contributed by atoms with van der Waals surface area (Å²) in [5, 5.41) is 12.2. The molecule has 7 nitrogen and oxygen atoms in total. The number of anilines is 1. The van der Waals surface area contributed by atoms with E-state index in [0.29, 0.717) is 24.9 Å². The number of benzene rings is 2. The van der Waals surface area contributed by atoms with Gasteiger partial charge in [-0.3, -0.25) is 4.79 Å². The maximum absolute atomic E-state index is 12.2. The summed E-state index contributed by atoms with van der Waals surface area (Å²) in [7, 11) is 0. The Bertz CT molecular complexity index is 991. The molecule has 1 N–H and O–H groups in total. The molecule has 0 spiro atoms. The SMILES string of the molecule is CCn1c(SCC(=O)Nc2ccccc2)nnc1-c1ccc2c(c1)OCCCO2. The Kier molecular flexibility index (Phi) is 6.00. The van der Waals surface area contributed by atoms with Crippen LogP contribution in [0.25, 0.3) is 11.4 Å². The molecule has 0 unspecified atom stereocenters. The van der Waals surface area contributed by atoms with Crippen molar-refractivity contribution in [2.75, 3.05) is 24.3 Å². The van der Waals surface area contributed by atoms with Gasteiger partial charge in [-0.1, -0.05) is 30.0 Å². The topological polar surface area (TPSA) is 78.3 Å². The van der Waals surface area contributed by atoms with Crippen LogP contribution < -0.4 is 14.8 Å². The highest BCUT2D eigenvalue weighted by molar-refractivity contribution is 7.99. The Hall–Kier alpha value is -3.00. The number of aromatic nitrogens is 3. The Morgan fingerprint density at radius 3 is 2.69 bits per heavy atom. The summed E-state index contributed by atoms with van der Waals surface area (Å²) in [4.78, 5) is 12.2. The van der Waals surface area contributed by atoms with Gasteiger partial charge in [-0.2, -0.15) is 0 Å². The summed E-state index contributed by atoms with van der Waals surface area (Å²) in [6, 6.07) is 15.2. The van der Waals surface area contributed by atoms with E-state index >= 15 is 0 Å². The molecule has 0 aliphatic carbocycles. The summed E-state index contributed by atoms with van der Waals surface area (Å²) in [5.41, 5.74) is 1.69. The van der Waals surface area contributed by atoms with E-state index in [4.69, 9.17) is 9.47 Å². The third-order valence-electron chi connectivity index (χ3n) is 4.43. The molecule has 2 heterocycles. The molecule has 0 atom stereocenters. The number of ether oxygens (including phenoxy) is 2. The average molecular weight is 410 g/mol. The van der Waals surface area contributed by atoms with Crippen molar-refractivity contribution in [1.82, 2.24) is 14.8 Å². The van der Waals surface area contributed by atoms with Crippen LogP contribution in [0, 0.1) is 0 Å². The monoisotopic (exact) mass is 410 g/mol. The van der Waals surface area contributed by atoms with Crippen molar-refractivity contribution < 1.29 is 14.3 Å². The van der Waals surface area contributed by atoms with Gasteiger partial charge in [0.15, 0.2) is 22.5 Å². The van der Waals surface area contributed by atoms with Crippen LogP contribution in [0.1, 0.15) is 13.3 Å². The van der Waals surface area contributed by atoms with Gasteiger partial charge < -0.3 is 19.4 Å². The maximum atomic E-state index is 12.2. The third kappa shape index (κ3) is 4.54. The predicted octanol–water partition coefficient (Wildman–Crippen LogP) is 3.86. The van der Waals surface area contributed by atoms with Crippen molar-refractivity contribution >= 4 is 23.4 Å². The van der Waals surface area contributed by atoms with Crippen molar-refractivity contribution in [2.24, 2.45) is 0 Å². The van der Waals surface area contributed by atoms with E-state index in [2.05, 4.69) is 15.5 Å². The minimum Gasteiger partial charge on any atom is -0.490 e. The molecule has 29 heavy (non-hydrogen) atoms. The number of carbonyl (C=O) groups excluding carboxylic acids is 1. The van der Waals surface area contributed by atoms with Gasteiger partial charge in [-0.05, 0) is 37.3 Å². The second-order valence-corrected chi connectivity index (χ2v) is 7.41. The van der Waals surface area contributed by atoms with Crippen molar-refractivity contribution in [3.8, 4) is 22.9 Å². The molecule has 0 bridgehead atoms. The van der Waals surface area contributed by atoms with Crippen LogP contribution in [-0.2, 0) is 11.3 Å². The van der Waals surface area contributed by atoms with Gasteiger partial charge in [0.25, 0.3) is 0 Å². The molecule has 0 radical (unpaired) electrons. The Labute approximate surface area is 173 Å². The van der Waals surface area contributed by atoms with Crippen LogP contribution in [0.15, 0.2) is 53.7 Å². The number of nitrogens with one attached hydrogen (secondary N) is 1. The number of hydrogen-bond acceptors (Lipinski definition) is 6. The van der Waals surface area contributed by atoms with E-state index in [1.807, 2.05) is 60.0 Å². The van der Waals surface area contributed by atoms with Crippen molar-refractivity contribution in [3.05, 3.63) is 48.5 Å². The standard InChI is InChI=1S/C21H22N4O3S/c1-2-25-20(15-9-10-17-18(13-15)28-12-6-11-27-17)23-24-21(25)29-14-19(26)22-16-7-4-3-5-8-16/h3-5,7-10,13H,2,6,11-12,14H2,1H3,(H,22,26). The summed E-state index contributed by atoms with van der Waals surface area (Å²) < 4.78 is 13.5. The van der Waals surface area contributed by atoms with Gasteiger partial charge in [0, 0.05) is 24.2 Å². The number of thioether (sulfide) groups is 1. The van der Waals surface area contributed by atoms with Crippen LogP contribution in [-0.4, -0.2) is 39.6 Å². The summed E-state index contributed by atoms with van der Waals surface area (Å²) >= 11 is 1.37. The molecule has 0 fully saturated rings. The molecule has 1 aliphatic rings. The lowest BCUT2D eigenvalue weighted by Crippen LogP contribution is -2.14. The summed E-state index contributed by atoms with van der Waals surface area (Å²) in [6.07, 6.45) is 0.862. The fourth-order valence-electron chi connectivity index (χ4n) is 3.05. The number of hydrogen-bond donors (Lipinski definition) is 1. The maximum Gasteiger partial charge on any atom is 0.234 e. The molecule has 3 aromatic rings. The molecular formula is C21H22N4O3S. The highest BCUT2D eigenvalue weighted by Gasteiger charge is 2.17. The first-order valence-corrected chi connectivity index (χ1v) is 10.5. The molecule has 1 aromatic heterocycles. The fraction of sp³-hybridized carbons (Fsp3) is 0.286. The van der Waals surface area contributed by atoms with E-state index in [9.17, 15) is 4.79 Å². The normalized spacial score (nSPS) is 13.0. The van der Waals surface area contributed by atoms with Crippen LogP contribution in [0.4, 0.5) is 5.69 Å². The number of amides is 1. The van der Waals surface area contributed by atoms with Gasteiger partial charge in [0.05, 0.1) is 19.0 Å². The largest absolute Gasteiger partial charge is 0.490 e. The number of para-hydroxylation sites is 1.